The van der Waals surface area contributed by atoms with Gasteiger partial charge < -0.3 is 16.0 Å². The first-order valence-electron chi connectivity index (χ1n) is 7.90. The van der Waals surface area contributed by atoms with Crippen LogP contribution in [0.1, 0.15) is 18.4 Å². The summed E-state index contributed by atoms with van der Waals surface area (Å²) in [7, 11) is 0. The number of carbonyl (C=O) groups is 2. The van der Waals surface area contributed by atoms with Gasteiger partial charge in [-0.1, -0.05) is 17.7 Å². The van der Waals surface area contributed by atoms with Crippen LogP contribution in [-0.2, 0) is 11.2 Å². The molecule has 1 aliphatic rings. The Morgan fingerprint density at radius 2 is 2.04 bits per heavy atom. The zero-order valence-electron chi connectivity index (χ0n) is 13.2. The minimum atomic E-state index is -0.517. The lowest BCUT2D eigenvalue weighted by Gasteiger charge is -2.32. The Morgan fingerprint density at radius 3 is 2.75 bits per heavy atom. The van der Waals surface area contributed by atoms with Crippen LogP contribution in [0, 0.1) is 0 Å². The quantitative estimate of drug-likeness (QED) is 0.891. The number of nitrogens with one attached hydrogen (secondary N) is 1. The molecule has 1 aromatic carbocycles. The number of benzene rings is 1. The third-order valence-electron chi connectivity index (χ3n) is 4.34. The standard InChI is InChI=1S/C17H19ClN4O2/c18-16-11(3-4-14-13(16)2-1-7-20-14)10-15(23)22-8-5-12(6-9-22)21-17(19)24/h1-4,7,12H,5-6,8-10H2,(H3,19,21,24). The predicted octanol–water partition coefficient (Wildman–Crippen LogP) is 2.09. The molecule has 1 fully saturated rings. The van der Waals surface area contributed by atoms with Crippen LogP contribution < -0.4 is 11.1 Å². The van der Waals surface area contributed by atoms with Crippen LogP contribution in [0.15, 0.2) is 30.5 Å². The van der Waals surface area contributed by atoms with Gasteiger partial charge in [-0.25, -0.2) is 4.79 Å². The van der Waals surface area contributed by atoms with E-state index in [9.17, 15) is 9.59 Å². The molecule has 1 aliphatic heterocycles. The number of likely N-dealkylation sites (tertiary alicyclic amines) is 1. The minimum Gasteiger partial charge on any atom is -0.352 e. The maximum atomic E-state index is 12.5. The van der Waals surface area contributed by atoms with Crippen LogP contribution in [0.5, 0.6) is 0 Å². The molecule has 0 radical (unpaired) electrons. The summed E-state index contributed by atoms with van der Waals surface area (Å²) in [4.78, 5) is 29.5. The molecular weight excluding hydrogens is 328 g/mol. The first-order valence-corrected chi connectivity index (χ1v) is 8.28. The molecular formula is C17H19ClN4O2. The molecule has 3 rings (SSSR count). The second-order valence-electron chi connectivity index (χ2n) is 5.95. The SMILES string of the molecule is NC(=O)NC1CCN(C(=O)Cc2ccc3ncccc3c2Cl)CC1. The number of nitrogens with two attached hydrogens (primary N) is 1. The zero-order chi connectivity index (χ0) is 17.1. The lowest BCUT2D eigenvalue weighted by molar-refractivity contribution is -0.131. The van der Waals surface area contributed by atoms with Gasteiger partial charge in [0, 0.05) is 30.7 Å². The van der Waals surface area contributed by atoms with E-state index in [1.165, 1.54) is 0 Å². The van der Waals surface area contributed by atoms with Crippen LogP contribution >= 0.6 is 11.6 Å². The highest BCUT2D eigenvalue weighted by Crippen LogP contribution is 2.27. The number of aromatic nitrogens is 1. The molecule has 3 amide bonds. The third-order valence-corrected chi connectivity index (χ3v) is 4.78. The lowest BCUT2D eigenvalue weighted by Crippen LogP contribution is -2.48. The summed E-state index contributed by atoms with van der Waals surface area (Å²) in [6.45, 7) is 1.22. The Kier molecular flexibility index (Phi) is 4.85. The molecule has 7 heteroatoms. The minimum absolute atomic E-state index is 0.0395. The maximum absolute atomic E-state index is 12.5. The van der Waals surface area contributed by atoms with Crippen molar-refractivity contribution in [2.75, 3.05) is 13.1 Å². The van der Waals surface area contributed by atoms with Crippen molar-refractivity contribution < 1.29 is 9.59 Å². The Labute approximate surface area is 145 Å². The first kappa shape index (κ1) is 16.5. The maximum Gasteiger partial charge on any atom is 0.312 e. The highest BCUT2D eigenvalue weighted by molar-refractivity contribution is 6.36. The first-order chi connectivity index (χ1) is 11.5. The Hall–Kier alpha value is -2.34. The van der Waals surface area contributed by atoms with Crippen molar-refractivity contribution in [1.29, 1.82) is 0 Å². The number of pyridine rings is 1. The molecule has 0 spiro atoms. The van der Waals surface area contributed by atoms with Crippen molar-refractivity contribution in [1.82, 2.24) is 15.2 Å². The molecule has 0 unspecified atom stereocenters. The summed E-state index contributed by atoms with van der Waals surface area (Å²) in [6.07, 6.45) is 3.40. The number of primary amides is 1. The Balaban J connectivity index is 1.65. The van der Waals surface area contributed by atoms with Gasteiger partial charge in [-0.15, -0.1) is 0 Å². The number of piperidine rings is 1. The second-order valence-corrected chi connectivity index (χ2v) is 6.33. The third kappa shape index (κ3) is 3.59. The number of hydrogen-bond acceptors (Lipinski definition) is 3. The fraction of sp³-hybridized carbons (Fsp3) is 0.353. The van der Waals surface area contributed by atoms with Crippen molar-refractivity contribution in [2.24, 2.45) is 5.73 Å². The number of carbonyl (C=O) groups excluding carboxylic acids is 2. The van der Waals surface area contributed by atoms with Crippen LogP contribution in [0.3, 0.4) is 0 Å². The van der Waals surface area contributed by atoms with Gasteiger partial charge in [-0.05, 0) is 36.6 Å². The number of amides is 3. The Bertz CT molecular complexity index is 772. The lowest BCUT2D eigenvalue weighted by atomic mass is 10.0. The molecule has 2 aromatic rings. The number of rotatable bonds is 3. The van der Waals surface area contributed by atoms with E-state index in [-0.39, 0.29) is 18.4 Å². The van der Waals surface area contributed by atoms with E-state index in [2.05, 4.69) is 10.3 Å². The normalized spacial score (nSPS) is 15.5. The Morgan fingerprint density at radius 1 is 1.29 bits per heavy atom. The average Bonchev–Trinajstić information content (AvgIpc) is 2.57. The number of nitrogens with zero attached hydrogens (tertiary/aromatic N) is 2. The van der Waals surface area contributed by atoms with E-state index in [0.717, 1.165) is 16.5 Å². The molecule has 1 aromatic heterocycles. The largest absolute Gasteiger partial charge is 0.352 e. The van der Waals surface area contributed by atoms with Crippen molar-refractivity contribution in [2.45, 2.75) is 25.3 Å². The highest BCUT2D eigenvalue weighted by atomic mass is 35.5. The van der Waals surface area contributed by atoms with Gasteiger partial charge in [-0.3, -0.25) is 9.78 Å². The summed E-state index contributed by atoms with van der Waals surface area (Å²) >= 11 is 6.43. The number of urea groups is 1. The van der Waals surface area contributed by atoms with E-state index >= 15 is 0 Å². The topological polar surface area (TPSA) is 88.3 Å². The molecule has 3 N–H and O–H groups in total. The molecule has 0 saturated carbocycles. The number of halogens is 1. The van der Waals surface area contributed by atoms with Crippen LogP contribution in [0.25, 0.3) is 10.9 Å². The fourth-order valence-electron chi connectivity index (χ4n) is 3.05. The summed E-state index contributed by atoms with van der Waals surface area (Å²) in [5, 5.41) is 4.13. The molecule has 0 atom stereocenters. The van der Waals surface area contributed by atoms with Gasteiger partial charge in [0.25, 0.3) is 0 Å². The molecule has 1 saturated heterocycles. The summed E-state index contributed by atoms with van der Waals surface area (Å²) in [5.41, 5.74) is 6.75. The van der Waals surface area contributed by atoms with E-state index < -0.39 is 6.03 Å². The number of fused-ring (bicyclic) bond motifs is 1. The van der Waals surface area contributed by atoms with Gasteiger partial charge >= 0.3 is 6.03 Å². The van der Waals surface area contributed by atoms with Crippen molar-refractivity contribution >= 4 is 34.4 Å². The summed E-state index contributed by atoms with van der Waals surface area (Å²) in [5.74, 6) is 0.0395. The molecule has 24 heavy (non-hydrogen) atoms. The number of hydrogen-bond donors (Lipinski definition) is 2. The van der Waals surface area contributed by atoms with Crippen LogP contribution in [0.2, 0.25) is 5.02 Å². The van der Waals surface area contributed by atoms with E-state index in [0.29, 0.717) is 31.0 Å². The molecule has 0 aliphatic carbocycles. The van der Waals surface area contributed by atoms with Crippen molar-refractivity contribution in [3.8, 4) is 0 Å². The monoisotopic (exact) mass is 346 g/mol. The highest BCUT2D eigenvalue weighted by Gasteiger charge is 2.24. The van der Waals surface area contributed by atoms with Crippen molar-refractivity contribution in [3.63, 3.8) is 0 Å². The van der Waals surface area contributed by atoms with Crippen molar-refractivity contribution in [3.05, 3.63) is 41.0 Å². The van der Waals surface area contributed by atoms with E-state index in [1.54, 1.807) is 6.20 Å². The van der Waals surface area contributed by atoms with Crippen LogP contribution in [-0.4, -0.2) is 41.0 Å². The van der Waals surface area contributed by atoms with E-state index in [4.69, 9.17) is 17.3 Å². The predicted molar refractivity (Wildman–Crippen MR) is 92.8 cm³/mol. The second kappa shape index (κ2) is 7.05. The average molecular weight is 347 g/mol. The molecule has 126 valence electrons. The van der Waals surface area contributed by atoms with Gasteiger partial charge in [0.1, 0.15) is 0 Å². The smallest absolute Gasteiger partial charge is 0.312 e. The van der Waals surface area contributed by atoms with Gasteiger partial charge in [0.05, 0.1) is 17.0 Å². The van der Waals surface area contributed by atoms with Gasteiger partial charge in [0.15, 0.2) is 0 Å². The molecule has 6 nitrogen and oxygen atoms in total. The summed E-state index contributed by atoms with van der Waals surface area (Å²) < 4.78 is 0. The summed E-state index contributed by atoms with van der Waals surface area (Å²) in [6, 6.07) is 7.00. The van der Waals surface area contributed by atoms with Gasteiger partial charge in [0.2, 0.25) is 5.91 Å². The van der Waals surface area contributed by atoms with E-state index in [1.807, 2.05) is 29.2 Å². The fourth-order valence-corrected chi connectivity index (χ4v) is 3.34. The molecule has 2 heterocycles. The van der Waals surface area contributed by atoms with Crippen LogP contribution in [0.4, 0.5) is 4.79 Å². The van der Waals surface area contributed by atoms with Gasteiger partial charge in [-0.2, -0.15) is 0 Å². The zero-order valence-corrected chi connectivity index (χ0v) is 13.9. The molecule has 0 bridgehead atoms.